The van der Waals surface area contributed by atoms with E-state index >= 15 is 0 Å². The van der Waals surface area contributed by atoms with Gasteiger partial charge < -0.3 is 34.2 Å². The van der Waals surface area contributed by atoms with Crippen LogP contribution in [0.1, 0.15) is 174 Å². The van der Waals surface area contributed by atoms with Gasteiger partial charge in [0.25, 0.3) is 0 Å². The molecule has 0 amide bonds. The van der Waals surface area contributed by atoms with Gasteiger partial charge in [-0.3, -0.25) is 18.6 Å². The number of allylic oxidation sites excluding steroid dienone is 2. The fraction of sp³-hybridized carbons (Fsp3) is 0.870. The Hall–Kier alpha value is -1.63. The Bertz CT molecular complexity index is 1180. The van der Waals surface area contributed by atoms with Crippen molar-refractivity contribution in [3.05, 3.63) is 24.3 Å². The summed E-state index contributed by atoms with van der Waals surface area (Å²) in [5.74, 6) is -1.38. The minimum Gasteiger partial charge on any atom is -0.462 e. The van der Waals surface area contributed by atoms with Crippen LogP contribution in [0.5, 0.6) is 0 Å². The molecule has 0 spiro atoms. The third-order valence-corrected chi connectivity index (χ3v) is 12.0. The second-order valence-corrected chi connectivity index (χ2v) is 19.2. The molecule has 1 rings (SSSR count). The SMILES string of the molecule is CCCCCCCCCCCCCCCCCC(=O)O[C@H](COC(=O)CCC/C=C/C[C@@H]1[C@@H](/C=C/[C@@H](O)CCCCC)[C@H](O)C[C@@H]1O)COP(=O)(O)OCC[N+](C)(C)C. The van der Waals surface area contributed by atoms with E-state index in [1.165, 1.54) is 70.6 Å². The van der Waals surface area contributed by atoms with Gasteiger partial charge in [0.1, 0.15) is 19.8 Å². The van der Waals surface area contributed by atoms with Crippen LogP contribution in [0.3, 0.4) is 0 Å². The van der Waals surface area contributed by atoms with E-state index in [0.717, 1.165) is 38.5 Å². The molecule has 1 fully saturated rings. The fourth-order valence-corrected chi connectivity index (χ4v) is 8.04. The highest BCUT2D eigenvalue weighted by molar-refractivity contribution is 7.47. The molecule has 13 heteroatoms. The minimum absolute atomic E-state index is 0.00545. The van der Waals surface area contributed by atoms with Crippen molar-refractivity contribution in [1.29, 1.82) is 0 Å². The summed E-state index contributed by atoms with van der Waals surface area (Å²) in [6, 6.07) is 0. The van der Waals surface area contributed by atoms with Crippen molar-refractivity contribution in [2.24, 2.45) is 11.8 Å². The van der Waals surface area contributed by atoms with Crippen molar-refractivity contribution < 1.29 is 57.4 Å². The molecular weight excluding hydrogens is 773 g/mol. The van der Waals surface area contributed by atoms with E-state index in [1.54, 1.807) is 6.08 Å². The second kappa shape index (κ2) is 33.9. The summed E-state index contributed by atoms with van der Waals surface area (Å²) in [4.78, 5) is 35.6. The molecule has 0 heterocycles. The number of carbonyl (C=O) groups excluding carboxylic acids is 2. The zero-order valence-corrected chi connectivity index (χ0v) is 38.7. The van der Waals surface area contributed by atoms with Gasteiger partial charge in [0, 0.05) is 25.2 Å². The highest BCUT2D eigenvalue weighted by atomic mass is 31.2. The molecule has 0 aliphatic heterocycles. The number of hydrogen-bond donors (Lipinski definition) is 4. The van der Waals surface area contributed by atoms with Crippen molar-refractivity contribution in [2.75, 3.05) is 47.5 Å². The third kappa shape index (κ3) is 31.0. The fourth-order valence-electron chi connectivity index (χ4n) is 7.30. The van der Waals surface area contributed by atoms with Crippen LogP contribution >= 0.6 is 7.82 Å². The smallest absolute Gasteiger partial charge is 0.462 e. The van der Waals surface area contributed by atoms with Crippen LogP contribution in [-0.4, -0.2) is 109 Å². The first kappa shape index (κ1) is 55.4. The Morgan fingerprint density at radius 2 is 1.29 bits per heavy atom. The lowest BCUT2D eigenvalue weighted by Crippen LogP contribution is -2.37. The molecule has 59 heavy (non-hydrogen) atoms. The number of hydrogen-bond acceptors (Lipinski definition) is 10. The molecule has 0 bridgehead atoms. The van der Waals surface area contributed by atoms with Crippen LogP contribution < -0.4 is 0 Å². The number of aliphatic hydroxyl groups is 3. The van der Waals surface area contributed by atoms with Crippen molar-refractivity contribution in [3.63, 3.8) is 0 Å². The standard InChI is InChI=1S/C46H86NO11P/c1-6-8-10-11-12-13-14-15-16-17-18-19-20-21-27-31-46(52)58-40(38-57-59(53,54)56-35-34-47(3,4)5)37-55-45(51)30-26-23-22-25-29-41-42(44(50)36-43(41)49)33-32-39(48)28-24-9-7-2/h22,25,32-33,39-44,48-50H,6-21,23-24,26-31,34-38H2,1-5H3/p+1/b25-22+,33-32+/t39-,40+,41+,42+,43-,44+/m0/s1. The van der Waals surface area contributed by atoms with E-state index in [2.05, 4.69) is 13.8 Å². The number of likely N-dealkylation sites (N-methyl/N-ethyl adjacent to an activating group) is 1. The summed E-state index contributed by atoms with van der Waals surface area (Å²) in [5, 5.41) is 31.4. The molecule has 346 valence electrons. The zero-order chi connectivity index (χ0) is 43.8. The largest absolute Gasteiger partial charge is 0.472 e. The maximum Gasteiger partial charge on any atom is 0.472 e. The molecule has 0 radical (unpaired) electrons. The van der Waals surface area contributed by atoms with Crippen LogP contribution in [0.4, 0.5) is 0 Å². The predicted molar refractivity (Wildman–Crippen MR) is 236 cm³/mol. The van der Waals surface area contributed by atoms with Gasteiger partial charge in [-0.05, 0) is 38.0 Å². The third-order valence-electron chi connectivity index (χ3n) is 11.1. The van der Waals surface area contributed by atoms with Crippen molar-refractivity contribution in [2.45, 2.75) is 199 Å². The quantitative estimate of drug-likeness (QED) is 0.0153. The first-order chi connectivity index (χ1) is 28.2. The van der Waals surface area contributed by atoms with E-state index in [0.29, 0.717) is 49.6 Å². The number of unbranched alkanes of at least 4 members (excludes halogenated alkanes) is 17. The number of ether oxygens (including phenoxy) is 2. The molecule has 7 atom stereocenters. The molecule has 4 N–H and O–H groups in total. The van der Waals surface area contributed by atoms with Crippen molar-refractivity contribution in [1.82, 2.24) is 0 Å². The molecule has 0 aromatic heterocycles. The number of rotatable bonds is 38. The summed E-state index contributed by atoms with van der Waals surface area (Å²) >= 11 is 0. The van der Waals surface area contributed by atoms with Gasteiger partial charge in [0.05, 0.1) is 46.1 Å². The Labute approximate surface area is 358 Å². The summed E-state index contributed by atoms with van der Waals surface area (Å²) < 4.78 is 34.3. The number of nitrogens with zero attached hydrogens (tertiary/aromatic N) is 1. The van der Waals surface area contributed by atoms with E-state index in [9.17, 15) is 34.4 Å². The number of esters is 2. The Kier molecular flexibility index (Phi) is 31.9. The Morgan fingerprint density at radius 3 is 1.88 bits per heavy atom. The topological polar surface area (TPSA) is 169 Å². The number of carbonyl (C=O) groups is 2. The first-order valence-electron chi connectivity index (χ1n) is 23.3. The van der Waals surface area contributed by atoms with Gasteiger partial charge in [0.2, 0.25) is 0 Å². The average Bonchev–Trinajstić information content (AvgIpc) is 3.44. The molecular formula is C46H87NO11P+. The molecule has 1 unspecified atom stereocenters. The Morgan fingerprint density at radius 1 is 0.729 bits per heavy atom. The number of aliphatic hydroxyl groups excluding tert-OH is 3. The van der Waals surface area contributed by atoms with E-state index in [4.69, 9.17) is 18.5 Å². The van der Waals surface area contributed by atoms with Gasteiger partial charge >= 0.3 is 19.8 Å². The molecule has 1 aliphatic rings. The number of phosphoric ester groups is 1. The maximum atomic E-state index is 12.7. The summed E-state index contributed by atoms with van der Waals surface area (Å²) in [6.07, 6.45) is 28.9. The molecule has 1 saturated carbocycles. The van der Waals surface area contributed by atoms with Crippen LogP contribution in [0.2, 0.25) is 0 Å². The zero-order valence-electron chi connectivity index (χ0n) is 37.8. The van der Waals surface area contributed by atoms with Gasteiger partial charge in [0.15, 0.2) is 6.10 Å². The van der Waals surface area contributed by atoms with Crippen LogP contribution in [0, 0.1) is 11.8 Å². The molecule has 0 aromatic rings. The second-order valence-electron chi connectivity index (χ2n) is 17.8. The van der Waals surface area contributed by atoms with Crippen molar-refractivity contribution in [3.8, 4) is 0 Å². The Balaban J connectivity index is 2.48. The summed E-state index contributed by atoms with van der Waals surface area (Å²) in [7, 11) is 1.35. The van der Waals surface area contributed by atoms with Gasteiger partial charge in [-0.2, -0.15) is 0 Å². The highest BCUT2D eigenvalue weighted by Gasteiger charge is 2.39. The highest BCUT2D eigenvalue weighted by Crippen LogP contribution is 2.43. The lowest BCUT2D eigenvalue weighted by molar-refractivity contribution is -0.870. The number of quaternary nitrogens is 1. The maximum absolute atomic E-state index is 12.7. The van der Waals surface area contributed by atoms with Crippen LogP contribution in [0.15, 0.2) is 24.3 Å². The van der Waals surface area contributed by atoms with Gasteiger partial charge in [-0.1, -0.05) is 147 Å². The minimum atomic E-state index is -4.43. The predicted octanol–water partition coefficient (Wildman–Crippen LogP) is 9.51. The van der Waals surface area contributed by atoms with Crippen molar-refractivity contribution >= 4 is 19.8 Å². The lowest BCUT2D eigenvalue weighted by Gasteiger charge is -2.24. The normalized spacial score (nSPS) is 20.6. The molecule has 12 nitrogen and oxygen atoms in total. The average molecular weight is 861 g/mol. The molecule has 0 aromatic carbocycles. The van der Waals surface area contributed by atoms with E-state index in [1.807, 2.05) is 39.4 Å². The lowest BCUT2D eigenvalue weighted by atomic mass is 9.89. The van der Waals surface area contributed by atoms with Gasteiger partial charge in [-0.15, -0.1) is 0 Å². The first-order valence-corrected chi connectivity index (χ1v) is 24.8. The summed E-state index contributed by atoms with van der Waals surface area (Å²) in [6.45, 7) is 4.06. The van der Waals surface area contributed by atoms with E-state index < -0.39 is 50.8 Å². The van der Waals surface area contributed by atoms with Crippen LogP contribution in [-0.2, 0) is 32.7 Å². The number of phosphoric acid groups is 1. The molecule has 0 saturated heterocycles. The summed E-state index contributed by atoms with van der Waals surface area (Å²) in [5.41, 5.74) is 0. The monoisotopic (exact) mass is 861 g/mol. The van der Waals surface area contributed by atoms with Crippen LogP contribution in [0.25, 0.3) is 0 Å². The van der Waals surface area contributed by atoms with E-state index in [-0.39, 0.29) is 37.9 Å². The van der Waals surface area contributed by atoms with Gasteiger partial charge in [-0.25, -0.2) is 4.57 Å². The molecule has 1 aliphatic carbocycles.